The first-order chi connectivity index (χ1) is 16.0. The maximum atomic E-state index is 12.8. The standard InChI is InChI=1S/C26H28N2O5/c29-23(28-15-17-9-12-26(28,13-10-17)24(30)31)11-14-27-25(32)33-16-22-20-7-3-1-5-18(20)19-6-2-4-8-21(19)22/h1-8,17,22H,9-16H2,(H,27,32)(H,30,31). The number of alkyl carbamates (subject to hydrolysis) is 1. The maximum Gasteiger partial charge on any atom is 0.407 e. The molecule has 2 bridgehead atoms. The molecule has 0 atom stereocenters. The van der Waals surface area contributed by atoms with Crippen molar-refractivity contribution in [1.82, 2.24) is 10.2 Å². The molecule has 7 heteroatoms. The third-order valence-corrected chi connectivity index (χ3v) is 7.54. The fourth-order valence-electron chi connectivity index (χ4n) is 5.77. The van der Waals surface area contributed by atoms with Gasteiger partial charge in [0.1, 0.15) is 12.1 Å². The lowest BCUT2D eigenvalue weighted by Crippen LogP contribution is -2.64. The monoisotopic (exact) mass is 448 g/mol. The fourth-order valence-corrected chi connectivity index (χ4v) is 5.77. The highest BCUT2D eigenvalue weighted by Gasteiger charge is 2.53. The summed E-state index contributed by atoms with van der Waals surface area (Å²) in [5, 5.41) is 12.4. The third-order valence-electron chi connectivity index (χ3n) is 7.54. The summed E-state index contributed by atoms with van der Waals surface area (Å²) in [5.74, 6) is -0.784. The van der Waals surface area contributed by atoms with E-state index in [1.807, 2.05) is 24.3 Å². The molecule has 0 spiro atoms. The molecule has 2 aliphatic carbocycles. The molecule has 4 aliphatic rings. The number of carbonyl (C=O) groups is 3. The van der Waals surface area contributed by atoms with Crippen LogP contribution in [-0.2, 0) is 14.3 Å². The number of piperidine rings is 2. The molecule has 1 saturated carbocycles. The molecule has 2 aliphatic heterocycles. The van der Waals surface area contributed by atoms with E-state index in [9.17, 15) is 19.5 Å². The lowest BCUT2D eigenvalue weighted by atomic mass is 9.70. The molecule has 6 rings (SSSR count). The Kier molecular flexibility index (Phi) is 5.56. The fraction of sp³-hybridized carbons (Fsp3) is 0.423. The van der Waals surface area contributed by atoms with E-state index in [-0.39, 0.29) is 31.4 Å². The molecule has 2 amide bonds. The van der Waals surface area contributed by atoms with Gasteiger partial charge >= 0.3 is 12.1 Å². The van der Waals surface area contributed by atoms with Gasteiger partial charge in [0.05, 0.1) is 0 Å². The maximum absolute atomic E-state index is 12.8. The number of aliphatic carboxylic acids is 1. The zero-order valence-corrected chi connectivity index (χ0v) is 18.5. The molecular formula is C26H28N2O5. The van der Waals surface area contributed by atoms with Gasteiger partial charge in [0.2, 0.25) is 5.91 Å². The van der Waals surface area contributed by atoms with Crippen molar-refractivity contribution < 1.29 is 24.2 Å². The number of rotatable bonds is 6. The smallest absolute Gasteiger partial charge is 0.407 e. The van der Waals surface area contributed by atoms with Crippen molar-refractivity contribution in [2.24, 2.45) is 5.92 Å². The van der Waals surface area contributed by atoms with Crippen molar-refractivity contribution in [1.29, 1.82) is 0 Å². The van der Waals surface area contributed by atoms with Gasteiger partial charge in [-0.15, -0.1) is 0 Å². The summed E-state index contributed by atoms with van der Waals surface area (Å²) in [6.45, 7) is 0.826. The second-order valence-corrected chi connectivity index (χ2v) is 9.29. The molecule has 2 aromatic rings. The van der Waals surface area contributed by atoms with Crippen LogP contribution in [0.2, 0.25) is 0 Å². The van der Waals surface area contributed by atoms with Gasteiger partial charge in [0.25, 0.3) is 0 Å². The van der Waals surface area contributed by atoms with Gasteiger partial charge in [-0.2, -0.15) is 0 Å². The van der Waals surface area contributed by atoms with Crippen molar-refractivity contribution in [3.8, 4) is 11.1 Å². The molecule has 0 radical (unpaired) electrons. The quantitative estimate of drug-likeness (QED) is 0.701. The average Bonchev–Trinajstić information content (AvgIpc) is 3.17. The largest absolute Gasteiger partial charge is 0.479 e. The molecule has 172 valence electrons. The lowest BCUT2D eigenvalue weighted by molar-refractivity contribution is -0.170. The number of nitrogens with one attached hydrogen (secondary N) is 1. The predicted octanol–water partition coefficient (Wildman–Crippen LogP) is 3.77. The first kappa shape index (κ1) is 21.5. The van der Waals surface area contributed by atoms with E-state index in [1.54, 1.807) is 0 Å². The predicted molar refractivity (Wildman–Crippen MR) is 122 cm³/mol. The number of benzene rings is 2. The number of hydrogen-bond donors (Lipinski definition) is 2. The van der Waals surface area contributed by atoms with Gasteiger partial charge < -0.3 is 20.1 Å². The van der Waals surface area contributed by atoms with Crippen LogP contribution < -0.4 is 5.32 Å². The summed E-state index contributed by atoms with van der Waals surface area (Å²) in [5.41, 5.74) is 3.53. The number of ether oxygens (including phenoxy) is 1. The van der Waals surface area contributed by atoms with Crippen molar-refractivity contribution in [2.75, 3.05) is 19.7 Å². The van der Waals surface area contributed by atoms with E-state index < -0.39 is 17.6 Å². The molecule has 33 heavy (non-hydrogen) atoms. The number of carboxylic acids is 1. The van der Waals surface area contributed by atoms with Gasteiger partial charge in [-0.1, -0.05) is 48.5 Å². The summed E-state index contributed by atoms with van der Waals surface area (Å²) in [4.78, 5) is 38.6. The molecule has 2 N–H and O–H groups in total. The Labute approximate surface area is 192 Å². The molecule has 0 unspecified atom stereocenters. The second kappa shape index (κ2) is 8.54. The molecule has 3 fully saturated rings. The van der Waals surface area contributed by atoms with Crippen LogP contribution in [0, 0.1) is 5.92 Å². The Morgan fingerprint density at radius 3 is 2.21 bits per heavy atom. The number of hydrogen-bond acceptors (Lipinski definition) is 4. The van der Waals surface area contributed by atoms with E-state index >= 15 is 0 Å². The van der Waals surface area contributed by atoms with Crippen molar-refractivity contribution in [3.63, 3.8) is 0 Å². The Morgan fingerprint density at radius 2 is 1.61 bits per heavy atom. The Balaban J connectivity index is 1.15. The van der Waals surface area contributed by atoms with E-state index in [0.717, 1.165) is 35.1 Å². The Hall–Kier alpha value is -3.35. The molecule has 2 heterocycles. The lowest BCUT2D eigenvalue weighted by Gasteiger charge is -2.52. The van der Waals surface area contributed by atoms with Gasteiger partial charge in [0, 0.05) is 25.4 Å². The zero-order chi connectivity index (χ0) is 23.0. The van der Waals surface area contributed by atoms with Gasteiger partial charge in [-0.25, -0.2) is 9.59 Å². The van der Waals surface area contributed by atoms with Gasteiger partial charge in [-0.3, -0.25) is 4.79 Å². The SMILES string of the molecule is O=C(NCCC(=O)N1CC2CCC1(C(=O)O)CC2)OCC1c2ccccc2-c2ccccc21. The first-order valence-electron chi connectivity index (χ1n) is 11.6. The van der Waals surface area contributed by atoms with E-state index in [1.165, 1.54) is 4.90 Å². The second-order valence-electron chi connectivity index (χ2n) is 9.29. The summed E-state index contributed by atoms with van der Waals surface area (Å²) in [7, 11) is 0. The van der Waals surface area contributed by atoms with Crippen LogP contribution in [-0.4, -0.2) is 53.2 Å². The topological polar surface area (TPSA) is 95.9 Å². The molecular weight excluding hydrogens is 420 g/mol. The van der Waals surface area contributed by atoms with Crippen LogP contribution in [0.1, 0.15) is 49.1 Å². The highest BCUT2D eigenvalue weighted by Crippen LogP contribution is 2.45. The van der Waals surface area contributed by atoms with Crippen LogP contribution in [0.15, 0.2) is 48.5 Å². The van der Waals surface area contributed by atoms with Crippen molar-refractivity contribution in [3.05, 3.63) is 59.7 Å². The molecule has 0 aromatic heterocycles. The van der Waals surface area contributed by atoms with Crippen molar-refractivity contribution >= 4 is 18.0 Å². The van der Waals surface area contributed by atoms with Crippen molar-refractivity contribution in [2.45, 2.75) is 43.6 Å². The Morgan fingerprint density at radius 1 is 1.00 bits per heavy atom. The van der Waals surface area contributed by atoms with E-state index in [4.69, 9.17) is 4.74 Å². The van der Waals surface area contributed by atoms with Gasteiger partial charge in [-0.05, 0) is 53.9 Å². The normalized spacial score (nSPS) is 23.0. The van der Waals surface area contributed by atoms with Gasteiger partial charge in [0.15, 0.2) is 0 Å². The van der Waals surface area contributed by atoms with Crippen LogP contribution in [0.25, 0.3) is 11.1 Å². The minimum Gasteiger partial charge on any atom is -0.479 e. The number of nitrogens with zero attached hydrogens (tertiary/aromatic N) is 1. The molecule has 2 aromatic carbocycles. The van der Waals surface area contributed by atoms with Crippen LogP contribution >= 0.6 is 0 Å². The first-order valence-corrected chi connectivity index (χ1v) is 11.6. The van der Waals surface area contributed by atoms with Crippen LogP contribution in [0.5, 0.6) is 0 Å². The molecule has 7 nitrogen and oxygen atoms in total. The Bertz CT molecular complexity index is 1040. The number of fused-ring (bicyclic) bond motifs is 6. The summed E-state index contributed by atoms with van der Waals surface area (Å²) in [6, 6.07) is 16.3. The van der Waals surface area contributed by atoms with E-state index in [2.05, 4.69) is 29.6 Å². The number of carbonyl (C=O) groups excluding carboxylic acids is 2. The minimum absolute atomic E-state index is 0.0240. The summed E-state index contributed by atoms with van der Waals surface area (Å²) < 4.78 is 5.51. The average molecular weight is 449 g/mol. The number of carboxylic acid groups (broad SMARTS) is 1. The van der Waals surface area contributed by atoms with E-state index in [0.29, 0.717) is 25.3 Å². The van der Waals surface area contributed by atoms with Crippen LogP contribution in [0.4, 0.5) is 4.79 Å². The summed E-state index contributed by atoms with van der Waals surface area (Å²) >= 11 is 0. The zero-order valence-electron chi connectivity index (χ0n) is 18.5. The summed E-state index contributed by atoms with van der Waals surface area (Å²) in [6.07, 6.45) is 2.23. The number of amides is 2. The van der Waals surface area contributed by atoms with Crippen LogP contribution in [0.3, 0.4) is 0 Å². The molecule has 2 saturated heterocycles. The highest BCUT2D eigenvalue weighted by atomic mass is 16.5. The highest BCUT2D eigenvalue weighted by molar-refractivity contribution is 5.88. The minimum atomic E-state index is -1.07. The third kappa shape index (κ3) is 3.75.